The molecular weight excluding hydrogens is 224 g/mol. The first-order valence-electron chi connectivity index (χ1n) is 6.65. The average molecular weight is 246 g/mol. The Bertz CT molecular complexity index is 416. The lowest BCUT2D eigenvalue weighted by molar-refractivity contribution is 0.444. The van der Waals surface area contributed by atoms with Crippen molar-refractivity contribution in [3.8, 4) is 11.5 Å². The predicted octanol–water partition coefficient (Wildman–Crippen LogP) is 3.97. The minimum absolute atomic E-state index is 0.941. The van der Waals surface area contributed by atoms with Crippen molar-refractivity contribution in [2.45, 2.75) is 58.2 Å². The van der Waals surface area contributed by atoms with Crippen LogP contribution in [0.1, 0.15) is 36.3 Å². The summed E-state index contributed by atoms with van der Waals surface area (Å²) in [4.78, 5) is 0. The first-order chi connectivity index (χ1) is 8.04. The molecule has 1 aliphatic carbocycles. The van der Waals surface area contributed by atoms with E-state index in [1.165, 1.54) is 30.6 Å². The second-order valence-electron chi connectivity index (χ2n) is 5.92. The van der Waals surface area contributed by atoms with E-state index in [9.17, 15) is 0 Å². The largest absolute Gasteiger partial charge is 0.466 e. The summed E-state index contributed by atoms with van der Waals surface area (Å²) >= 11 is 0. The average Bonchev–Trinajstić information content (AvgIpc) is 2.65. The molecule has 17 heavy (non-hydrogen) atoms. The quantitative estimate of drug-likeness (QED) is 0.568. The van der Waals surface area contributed by atoms with E-state index in [4.69, 9.17) is 4.42 Å². The highest BCUT2D eigenvalue weighted by Crippen LogP contribution is 2.25. The third kappa shape index (κ3) is 3.78. The number of rotatable bonds is 2. The Morgan fingerprint density at radius 3 is 2.71 bits per heavy atom. The zero-order valence-electron chi connectivity index (χ0n) is 11.2. The van der Waals surface area contributed by atoms with Crippen LogP contribution in [-0.4, -0.2) is 8.07 Å². The highest BCUT2D eigenvalue weighted by Gasteiger charge is 2.14. The maximum absolute atomic E-state index is 5.88. The van der Waals surface area contributed by atoms with E-state index in [-0.39, 0.29) is 0 Å². The second kappa shape index (κ2) is 5.14. The van der Waals surface area contributed by atoms with Gasteiger partial charge in [0.2, 0.25) is 0 Å². The Labute approximate surface area is 106 Å². The Balaban J connectivity index is 1.91. The van der Waals surface area contributed by atoms with Crippen LogP contribution in [0.2, 0.25) is 19.6 Å². The van der Waals surface area contributed by atoms with Crippen molar-refractivity contribution in [2.75, 3.05) is 0 Å². The van der Waals surface area contributed by atoms with Gasteiger partial charge in [-0.05, 0) is 30.9 Å². The van der Waals surface area contributed by atoms with E-state index >= 15 is 0 Å². The van der Waals surface area contributed by atoms with Gasteiger partial charge in [-0.2, -0.15) is 0 Å². The smallest absolute Gasteiger partial charge is 0.129 e. The molecule has 1 aromatic heterocycles. The highest BCUT2D eigenvalue weighted by atomic mass is 28.3. The minimum atomic E-state index is -1.20. The number of furan rings is 1. The number of fused-ring (bicyclic) bond motifs is 1. The topological polar surface area (TPSA) is 13.1 Å². The molecule has 0 saturated heterocycles. The third-order valence-electron chi connectivity index (χ3n) is 3.01. The Morgan fingerprint density at radius 1 is 1.24 bits per heavy atom. The molecular formula is C15H22OSi. The molecule has 0 unspecified atom stereocenters. The van der Waals surface area contributed by atoms with Crippen LogP contribution in [0.4, 0.5) is 0 Å². The zero-order valence-corrected chi connectivity index (χ0v) is 12.2. The lowest BCUT2D eigenvalue weighted by Gasteiger charge is -2.07. The van der Waals surface area contributed by atoms with Gasteiger partial charge in [0.15, 0.2) is 0 Å². The maximum Gasteiger partial charge on any atom is 0.129 e. The van der Waals surface area contributed by atoms with Crippen molar-refractivity contribution >= 4 is 8.07 Å². The highest BCUT2D eigenvalue weighted by molar-refractivity contribution is 6.83. The molecule has 0 amide bonds. The second-order valence-corrected chi connectivity index (χ2v) is 10.7. The van der Waals surface area contributed by atoms with Crippen LogP contribution in [0.3, 0.4) is 0 Å². The molecule has 0 aliphatic heterocycles. The monoisotopic (exact) mass is 246 g/mol. The van der Waals surface area contributed by atoms with Gasteiger partial charge in [0.25, 0.3) is 0 Å². The molecule has 1 aliphatic rings. The summed E-state index contributed by atoms with van der Waals surface area (Å²) in [6.45, 7) is 6.85. The van der Waals surface area contributed by atoms with E-state index < -0.39 is 8.07 Å². The number of aryl methyl sites for hydroxylation is 3. The molecule has 1 heterocycles. The SMILES string of the molecule is C[Si](C)(C)C#CCCc1cc2c(o1)CCCC2. The molecule has 2 heteroatoms. The summed E-state index contributed by atoms with van der Waals surface area (Å²) in [6, 6.07) is 2.25. The lowest BCUT2D eigenvalue weighted by Crippen LogP contribution is -2.16. The van der Waals surface area contributed by atoms with Crippen molar-refractivity contribution in [3.05, 3.63) is 23.2 Å². The van der Waals surface area contributed by atoms with Gasteiger partial charge in [-0.3, -0.25) is 0 Å². The van der Waals surface area contributed by atoms with Gasteiger partial charge in [0.05, 0.1) is 0 Å². The molecule has 0 N–H and O–H groups in total. The van der Waals surface area contributed by atoms with Gasteiger partial charge in [0.1, 0.15) is 19.6 Å². The van der Waals surface area contributed by atoms with Gasteiger partial charge >= 0.3 is 0 Å². The fourth-order valence-corrected chi connectivity index (χ4v) is 2.84. The summed E-state index contributed by atoms with van der Waals surface area (Å²) in [5, 5.41) is 0. The minimum Gasteiger partial charge on any atom is -0.466 e. The molecule has 92 valence electrons. The van der Waals surface area contributed by atoms with Crippen molar-refractivity contribution in [3.63, 3.8) is 0 Å². The standard InChI is InChI=1S/C15H22OSi/c1-17(2,3)11-7-6-9-14-12-13-8-4-5-10-15(13)16-14/h12H,4-6,8-10H2,1-3H3. The Hall–Kier alpha value is -0.943. The molecule has 0 aromatic carbocycles. The maximum atomic E-state index is 5.88. The van der Waals surface area contributed by atoms with Crippen LogP contribution in [0.25, 0.3) is 0 Å². The molecule has 2 rings (SSSR count). The zero-order chi connectivity index (χ0) is 12.3. The normalized spacial score (nSPS) is 15.0. The van der Waals surface area contributed by atoms with Crippen LogP contribution in [0.15, 0.2) is 10.5 Å². The van der Waals surface area contributed by atoms with Crippen molar-refractivity contribution in [1.29, 1.82) is 0 Å². The summed E-state index contributed by atoms with van der Waals surface area (Å²) in [5.74, 6) is 5.69. The van der Waals surface area contributed by atoms with E-state index in [1.54, 1.807) is 0 Å². The van der Waals surface area contributed by atoms with Crippen molar-refractivity contribution in [2.24, 2.45) is 0 Å². The molecule has 1 aromatic rings. The third-order valence-corrected chi connectivity index (χ3v) is 3.93. The van der Waals surface area contributed by atoms with Crippen LogP contribution in [0, 0.1) is 11.5 Å². The fraction of sp³-hybridized carbons (Fsp3) is 0.600. The molecule has 0 spiro atoms. The predicted molar refractivity (Wildman–Crippen MR) is 74.8 cm³/mol. The summed E-state index contributed by atoms with van der Waals surface area (Å²) in [7, 11) is -1.20. The van der Waals surface area contributed by atoms with E-state index in [0.29, 0.717) is 0 Å². The summed E-state index contributed by atoms with van der Waals surface area (Å²) < 4.78 is 5.88. The van der Waals surface area contributed by atoms with Gasteiger partial charge in [-0.15, -0.1) is 11.5 Å². The first-order valence-corrected chi connectivity index (χ1v) is 10.1. The Morgan fingerprint density at radius 2 is 2.00 bits per heavy atom. The van der Waals surface area contributed by atoms with E-state index in [1.807, 2.05) is 0 Å². The number of hydrogen-bond acceptors (Lipinski definition) is 1. The van der Waals surface area contributed by atoms with Crippen LogP contribution >= 0.6 is 0 Å². The van der Waals surface area contributed by atoms with Crippen LogP contribution in [-0.2, 0) is 19.3 Å². The van der Waals surface area contributed by atoms with Crippen molar-refractivity contribution < 1.29 is 4.42 Å². The molecule has 0 atom stereocenters. The van der Waals surface area contributed by atoms with Crippen LogP contribution < -0.4 is 0 Å². The van der Waals surface area contributed by atoms with E-state index in [2.05, 4.69) is 37.2 Å². The molecule has 1 nitrogen and oxygen atoms in total. The summed E-state index contributed by atoms with van der Waals surface area (Å²) in [5.41, 5.74) is 4.85. The first kappa shape index (κ1) is 12.5. The van der Waals surface area contributed by atoms with Gasteiger partial charge in [0, 0.05) is 19.3 Å². The lowest BCUT2D eigenvalue weighted by atomic mass is 9.98. The summed E-state index contributed by atoms with van der Waals surface area (Å²) in [6.07, 6.45) is 6.87. The van der Waals surface area contributed by atoms with Gasteiger partial charge < -0.3 is 4.42 Å². The molecule has 0 fully saturated rings. The van der Waals surface area contributed by atoms with Crippen molar-refractivity contribution in [1.82, 2.24) is 0 Å². The van der Waals surface area contributed by atoms with E-state index in [0.717, 1.165) is 25.0 Å². The molecule has 0 saturated carbocycles. The molecule has 0 radical (unpaired) electrons. The Kier molecular flexibility index (Phi) is 3.78. The number of hydrogen-bond donors (Lipinski definition) is 0. The van der Waals surface area contributed by atoms with Gasteiger partial charge in [-0.25, -0.2) is 0 Å². The fourth-order valence-electron chi connectivity index (χ4n) is 2.19. The molecule has 0 bridgehead atoms. The van der Waals surface area contributed by atoms with Crippen LogP contribution in [0.5, 0.6) is 0 Å². The van der Waals surface area contributed by atoms with Gasteiger partial charge in [-0.1, -0.05) is 19.6 Å².